The van der Waals surface area contributed by atoms with Crippen molar-refractivity contribution in [3.05, 3.63) is 38.9 Å². The third-order valence-corrected chi connectivity index (χ3v) is 1.92. The summed E-state index contributed by atoms with van der Waals surface area (Å²) in [5.74, 6) is 0. The second-order valence-corrected chi connectivity index (χ2v) is 2.90. The van der Waals surface area contributed by atoms with Gasteiger partial charge in [0.1, 0.15) is 5.71 Å². The number of allylic oxidation sites excluding steroid dienone is 1. The molecule has 0 aromatic carbocycles. The van der Waals surface area contributed by atoms with E-state index in [4.69, 9.17) is 0 Å². The predicted octanol–water partition coefficient (Wildman–Crippen LogP) is -0.0565. The molecule has 0 aromatic rings. The van der Waals surface area contributed by atoms with Crippen LogP contribution in [0.4, 0.5) is 4.79 Å². The van der Waals surface area contributed by atoms with Crippen molar-refractivity contribution in [2.75, 3.05) is 0 Å². The topological polar surface area (TPSA) is 105 Å². The standard InChI is InChI=1S/C7H4N4O4/c12-7-8-5-2-1-4(11(14)15)3-6(5)10(13)9-7/h1-4H/p+1. The van der Waals surface area contributed by atoms with Crippen molar-refractivity contribution >= 4 is 11.7 Å². The molecule has 1 unspecified atom stereocenters. The molecule has 76 valence electrons. The highest BCUT2D eigenvalue weighted by Crippen LogP contribution is 2.14. The van der Waals surface area contributed by atoms with Crippen molar-refractivity contribution in [1.29, 1.82) is 0 Å². The minimum Gasteiger partial charge on any atom is -0.264 e. The molecule has 1 atom stereocenters. The van der Waals surface area contributed by atoms with Gasteiger partial charge in [-0.1, -0.05) is 5.43 Å². The molecule has 1 heterocycles. The minimum atomic E-state index is -1.06. The first-order valence-electron chi connectivity index (χ1n) is 3.98. The highest BCUT2D eigenvalue weighted by molar-refractivity contribution is 6.12. The van der Waals surface area contributed by atoms with Crippen LogP contribution in [-0.2, 0) is 0 Å². The van der Waals surface area contributed by atoms with Gasteiger partial charge in [-0.05, 0) is 12.2 Å². The van der Waals surface area contributed by atoms with Crippen molar-refractivity contribution in [2.24, 2.45) is 4.99 Å². The first-order valence-corrected chi connectivity index (χ1v) is 3.98. The number of carbonyl (C=O) groups is 1. The van der Waals surface area contributed by atoms with Gasteiger partial charge in [-0.2, -0.15) is 4.99 Å². The lowest BCUT2D eigenvalue weighted by molar-refractivity contribution is -0.543. The predicted molar refractivity (Wildman–Crippen MR) is 47.6 cm³/mol. The second kappa shape index (κ2) is 3.08. The number of nitro groups is 1. The zero-order chi connectivity index (χ0) is 11.0. The molecule has 8 heteroatoms. The Bertz CT molecular complexity index is 462. The number of nitroso groups, excluding NO2 is 1. The lowest BCUT2D eigenvalue weighted by Crippen LogP contribution is -2.39. The summed E-state index contributed by atoms with van der Waals surface area (Å²) in [5.41, 5.74) is 1.98. The average Bonchev–Trinajstić information content (AvgIpc) is 2.16. The SMILES string of the molecule is O=C1N=C2C=CC([N+](=O)[O-])C=C2[N+](=O)N1. The van der Waals surface area contributed by atoms with Crippen LogP contribution >= 0.6 is 0 Å². The molecule has 2 amide bonds. The van der Waals surface area contributed by atoms with E-state index in [0.29, 0.717) is 0 Å². The van der Waals surface area contributed by atoms with Crippen LogP contribution in [0.3, 0.4) is 0 Å². The molecule has 0 bridgehead atoms. The van der Waals surface area contributed by atoms with E-state index in [1.54, 1.807) is 0 Å². The Labute approximate surface area is 82.7 Å². The summed E-state index contributed by atoms with van der Waals surface area (Å²) in [4.78, 5) is 35.6. The molecular formula is C7H5N4O4+. The molecule has 0 saturated heterocycles. The monoisotopic (exact) mass is 209 g/mol. The Morgan fingerprint density at radius 2 is 2.33 bits per heavy atom. The molecule has 2 rings (SSSR count). The van der Waals surface area contributed by atoms with Gasteiger partial charge in [0.05, 0.1) is 11.0 Å². The molecule has 15 heavy (non-hydrogen) atoms. The summed E-state index contributed by atoms with van der Waals surface area (Å²) < 4.78 is 0. The number of urea groups is 1. The molecule has 1 N–H and O–H groups in total. The molecule has 0 fully saturated rings. The smallest absolute Gasteiger partial charge is 0.264 e. The number of fused-ring (bicyclic) bond motifs is 1. The summed E-state index contributed by atoms with van der Waals surface area (Å²) >= 11 is 0. The Balaban J connectivity index is 2.43. The Morgan fingerprint density at radius 1 is 1.60 bits per heavy atom. The van der Waals surface area contributed by atoms with Crippen LogP contribution in [0.15, 0.2) is 28.9 Å². The Morgan fingerprint density at radius 3 is 3.00 bits per heavy atom. The van der Waals surface area contributed by atoms with Gasteiger partial charge < -0.3 is 0 Å². The van der Waals surface area contributed by atoms with Crippen molar-refractivity contribution < 1.29 is 14.6 Å². The van der Waals surface area contributed by atoms with Crippen molar-refractivity contribution in [3.63, 3.8) is 0 Å². The number of hydrogen-bond donors (Lipinski definition) is 1. The molecule has 0 saturated carbocycles. The van der Waals surface area contributed by atoms with Gasteiger partial charge in [0.2, 0.25) is 0 Å². The lowest BCUT2D eigenvalue weighted by atomic mass is 10.1. The van der Waals surface area contributed by atoms with E-state index < -0.39 is 17.0 Å². The van der Waals surface area contributed by atoms with Gasteiger partial charge in [0.15, 0.2) is 4.87 Å². The fraction of sp³-hybridized carbons (Fsp3) is 0.143. The van der Waals surface area contributed by atoms with Crippen molar-refractivity contribution in [3.8, 4) is 0 Å². The first kappa shape index (κ1) is 9.19. The summed E-state index contributed by atoms with van der Waals surface area (Å²) in [6, 6.07) is -1.85. The first-order chi connectivity index (χ1) is 7.08. The number of carbonyl (C=O) groups excluding carboxylic acids is 1. The molecule has 0 spiro atoms. The van der Waals surface area contributed by atoms with Crippen LogP contribution < -0.4 is 5.43 Å². The van der Waals surface area contributed by atoms with Crippen molar-refractivity contribution in [1.82, 2.24) is 5.43 Å². The van der Waals surface area contributed by atoms with Crippen LogP contribution in [0.2, 0.25) is 0 Å². The molecule has 0 radical (unpaired) electrons. The lowest BCUT2D eigenvalue weighted by Gasteiger charge is -2.08. The van der Waals surface area contributed by atoms with E-state index in [2.05, 4.69) is 4.99 Å². The van der Waals surface area contributed by atoms with Gasteiger partial charge in [-0.15, -0.1) is 0 Å². The second-order valence-electron chi connectivity index (χ2n) is 2.90. The van der Waals surface area contributed by atoms with Gasteiger partial charge in [0, 0.05) is 4.92 Å². The molecule has 2 aliphatic rings. The van der Waals surface area contributed by atoms with E-state index in [9.17, 15) is 19.8 Å². The van der Waals surface area contributed by atoms with E-state index in [1.165, 1.54) is 12.2 Å². The normalized spacial score (nSPS) is 23.9. The quantitative estimate of drug-likeness (QED) is 0.371. The van der Waals surface area contributed by atoms with E-state index in [0.717, 1.165) is 6.08 Å². The molecule has 1 aliphatic carbocycles. The summed E-state index contributed by atoms with van der Waals surface area (Å²) in [6.07, 6.45) is 3.67. The number of rotatable bonds is 1. The number of amides is 2. The largest absolute Gasteiger partial charge is 0.398 e. The molecular weight excluding hydrogens is 204 g/mol. The Kier molecular flexibility index (Phi) is 1.89. The average molecular weight is 209 g/mol. The Hall–Kier alpha value is -2.38. The van der Waals surface area contributed by atoms with Crippen LogP contribution in [0.5, 0.6) is 0 Å². The number of nitrogens with zero attached hydrogens (tertiary/aromatic N) is 3. The van der Waals surface area contributed by atoms with E-state index in [1.807, 2.05) is 5.43 Å². The number of hydrogen-bond acceptors (Lipinski definition) is 4. The maximum absolute atomic E-state index is 11.2. The van der Waals surface area contributed by atoms with Gasteiger partial charge in [-0.25, -0.2) is 4.79 Å². The van der Waals surface area contributed by atoms with Crippen molar-refractivity contribution in [2.45, 2.75) is 6.04 Å². The highest BCUT2D eigenvalue weighted by atomic mass is 16.6. The highest BCUT2D eigenvalue weighted by Gasteiger charge is 2.36. The van der Waals surface area contributed by atoms with Crippen LogP contribution in [0.25, 0.3) is 0 Å². The zero-order valence-electron chi connectivity index (χ0n) is 7.28. The zero-order valence-corrected chi connectivity index (χ0v) is 7.28. The fourth-order valence-electron chi connectivity index (χ4n) is 1.26. The third kappa shape index (κ3) is 1.52. The van der Waals surface area contributed by atoms with Crippen LogP contribution in [0, 0.1) is 15.0 Å². The molecule has 0 aromatic heterocycles. The maximum Gasteiger partial charge on any atom is 0.398 e. The number of aliphatic imine (C=N–C) groups is 1. The summed E-state index contributed by atoms with van der Waals surface area (Å²) in [6.45, 7) is 0. The fourth-order valence-corrected chi connectivity index (χ4v) is 1.26. The van der Waals surface area contributed by atoms with Crippen LogP contribution in [-0.4, -0.2) is 27.6 Å². The van der Waals surface area contributed by atoms with E-state index in [-0.39, 0.29) is 16.3 Å². The summed E-state index contributed by atoms with van der Waals surface area (Å²) in [7, 11) is 0. The maximum atomic E-state index is 11.2. The summed E-state index contributed by atoms with van der Waals surface area (Å²) in [5, 5.41) is 10.5. The van der Waals surface area contributed by atoms with Crippen LogP contribution in [0.1, 0.15) is 0 Å². The van der Waals surface area contributed by atoms with Gasteiger partial charge >= 0.3 is 11.7 Å². The number of nitrogens with one attached hydrogen (secondary N) is 1. The van der Waals surface area contributed by atoms with E-state index >= 15 is 0 Å². The van der Waals surface area contributed by atoms with Gasteiger partial charge in [-0.3, -0.25) is 10.1 Å². The van der Waals surface area contributed by atoms with Gasteiger partial charge in [0.25, 0.3) is 6.04 Å². The minimum absolute atomic E-state index is 0.0150. The number of hydrazine groups is 1. The molecule has 1 aliphatic heterocycles. The molecule has 8 nitrogen and oxygen atoms in total. The third-order valence-electron chi connectivity index (χ3n) is 1.92.